The first-order valence-electron chi connectivity index (χ1n) is 10.5. The number of ether oxygens (including phenoxy) is 1. The van der Waals surface area contributed by atoms with Crippen LogP contribution in [0.25, 0.3) is 11.3 Å². The van der Waals surface area contributed by atoms with Crippen LogP contribution in [0.3, 0.4) is 0 Å². The minimum absolute atomic E-state index is 0.0820. The lowest BCUT2D eigenvalue weighted by Gasteiger charge is -2.38. The van der Waals surface area contributed by atoms with Crippen LogP contribution < -0.4 is 19.7 Å². The summed E-state index contributed by atoms with van der Waals surface area (Å²) < 4.78 is 39.7. The summed E-state index contributed by atoms with van der Waals surface area (Å²) in [6.07, 6.45) is 1.49. The molecule has 1 saturated heterocycles. The van der Waals surface area contributed by atoms with Crippen molar-refractivity contribution in [3.63, 3.8) is 0 Å². The van der Waals surface area contributed by atoms with Gasteiger partial charge in [-0.25, -0.2) is 4.98 Å². The normalized spacial score (nSPS) is 19.1. The second-order valence-electron chi connectivity index (χ2n) is 8.16. The monoisotopic (exact) mass is 456 g/mol. The summed E-state index contributed by atoms with van der Waals surface area (Å²) in [6.45, 7) is 7.78. The van der Waals surface area contributed by atoms with Crippen LogP contribution in [0.2, 0.25) is 0 Å². The number of piperazine rings is 1. The summed E-state index contributed by atoms with van der Waals surface area (Å²) in [5, 5.41) is 3.42. The lowest BCUT2D eigenvalue weighted by molar-refractivity contribution is 0.406. The van der Waals surface area contributed by atoms with Gasteiger partial charge in [0, 0.05) is 42.6 Å². The number of benzene rings is 1. The minimum atomic E-state index is -3.91. The fourth-order valence-electron chi connectivity index (χ4n) is 3.98. The van der Waals surface area contributed by atoms with Gasteiger partial charge in [0.05, 0.1) is 12.8 Å². The second-order valence-corrected chi connectivity index (χ2v) is 9.79. The summed E-state index contributed by atoms with van der Waals surface area (Å²) in [5.74, 6) is 1.86. The van der Waals surface area contributed by atoms with E-state index in [-0.39, 0.29) is 5.03 Å². The maximum absolute atomic E-state index is 13.0. The van der Waals surface area contributed by atoms with Crippen LogP contribution >= 0.6 is 0 Å². The largest absolute Gasteiger partial charge is 0.495 e. The first-order valence-corrected chi connectivity index (χ1v) is 12.0. The van der Waals surface area contributed by atoms with Gasteiger partial charge in [-0.05, 0) is 63.2 Å². The first kappa shape index (κ1) is 22.2. The molecule has 3 aromatic rings. The highest BCUT2D eigenvalue weighted by Gasteiger charge is 2.23. The molecule has 0 spiro atoms. The highest BCUT2D eigenvalue weighted by atomic mass is 32.2. The number of hydrogen-bond donors (Lipinski definition) is 2. The molecule has 8 nitrogen and oxygen atoms in total. The van der Waals surface area contributed by atoms with Crippen LogP contribution in [0.5, 0.6) is 5.75 Å². The molecule has 2 aromatic heterocycles. The number of nitrogens with zero attached hydrogens (tertiary/aromatic N) is 2. The number of furan rings is 1. The molecule has 0 saturated carbocycles. The number of aryl methyl sites for hydroxylation is 1. The molecule has 170 valence electrons. The van der Waals surface area contributed by atoms with Gasteiger partial charge in [-0.15, -0.1) is 0 Å². The Hall–Kier alpha value is -3.04. The SMILES string of the molecule is COc1ccc(N2C[C@@H](C)N[C@@H](C)C2)cc1NS(=O)(=O)c1ccc(-c2ccc(C)o2)cn1. The van der Waals surface area contributed by atoms with Crippen molar-refractivity contribution in [3.05, 3.63) is 54.4 Å². The number of aromatic nitrogens is 1. The van der Waals surface area contributed by atoms with Gasteiger partial charge in [0.2, 0.25) is 0 Å². The predicted molar refractivity (Wildman–Crippen MR) is 125 cm³/mol. The first-order chi connectivity index (χ1) is 15.2. The number of rotatable bonds is 6. The minimum Gasteiger partial charge on any atom is -0.495 e. The molecule has 0 aliphatic carbocycles. The van der Waals surface area contributed by atoms with Gasteiger partial charge >= 0.3 is 0 Å². The topological polar surface area (TPSA) is 96.7 Å². The van der Waals surface area contributed by atoms with Gasteiger partial charge in [0.25, 0.3) is 10.0 Å². The molecule has 2 N–H and O–H groups in total. The average Bonchev–Trinajstić information content (AvgIpc) is 3.19. The van der Waals surface area contributed by atoms with E-state index in [0.717, 1.165) is 24.5 Å². The van der Waals surface area contributed by atoms with E-state index in [9.17, 15) is 8.42 Å². The summed E-state index contributed by atoms with van der Waals surface area (Å²) in [5.41, 5.74) is 2.01. The van der Waals surface area contributed by atoms with E-state index >= 15 is 0 Å². The number of pyridine rings is 1. The number of hydrogen-bond acceptors (Lipinski definition) is 7. The van der Waals surface area contributed by atoms with Crippen molar-refractivity contribution in [2.24, 2.45) is 0 Å². The molecule has 0 amide bonds. The number of sulfonamides is 1. The van der Waals surface area contributed by atoms with Gasteiger partial charge in [-0.1, -0.05) is 0 Å². The Morgan fingerprint density at radius 1 is 1.12 bits per heavy atom. The van der Waals surface area contributed by atoms with Gasteiger partial charge in [-0.3, -0.25) is 4.72 Å². The Labute approximate surface area is 188 Å². The van der Waals surface area contributed by atoms with Crippen LogP contribution in [0.15, 0.2) is 58.1 Å². The van der Waals surface area contributed by atoms with Gasteiger partial charge in [-0.2, -0.15) is 8.42 Å². The zero-order chi connectivity index (χ0) is 22.9. The molecule has 4 rings (SSSR count). The summed E-state index contributed by atoms with van der Waals surface area (Å²) in [7, 11) is -2.40. The second kappa shape index (κ2) is 8.84. The number of anilines is 2. The van der Waals surface area contributed by atoms with Crippen molar-refractivity contribution in [1.29, 1.82) is 0 Å². The third-order valence-electron chi connectivity index (χ3n) is 5.39. The standard InChI is InChI=1S/C23H28N4O4S/c1-15-13-27(14-16(2)25-15)19-7-9-22(30-4)20(11-19)26-32(28,29)23-10-6-18(12-24-23)21-8-5-17(3)31-21/h5-12,15-16,25-26H,13-14H2,1-4H3/t15-,16+. The number of nitrogens with one attached hydrogen (secondary N) is 2. The predicted octanol–water partition coefficient (Wildman–Crippen LogP) is 3.65. The molecule has 1 aliphatic heterocycles. The quantitative estimate of drug-likeness (QED) is 0.584. The van der Waals surface area contributed by atoms with E-state index in [1.54, 1.807) is 18.2 Å². The average molecular weight is 457 g/mol. The number of methoxy groups -OCH3 is 1. The van der Waals surface area contributed by atoms with Crippen LogP contribution in [0, 0.1) is 6.92 Å². The Morgan fingerprint density at radius 2 is 1.88 bits per heavy atom. The van der Waals surface area contributed by atoms with Crippen molar-refractivity contribution in [2.75, 3.05) is 29.8 Å². The highest BCUT2D eigenvalue weighted by molar-refractivity contribution is 7.92. The zero-order valence-electron chi connectivity index (χ0n) is 18.6. The van der Waals surface area contributed by atoms with Crippen LogP contribution in [-0.2, 0) is 10.0 Å². The van der Waals surface area contributed by atoms with Gasteiger partial charge in [0.15, 0.2) is 5.03 Å². The molecule has 2 atom stereocenters. The third kappa shape index (κ3) is 4.73. The fraction of sp³-hybridized carbons (Fsp3) is 0.348. The molecule has 3 heterocycles. The smallest absolute Gasteiger partial charge is 0.279 e. The Kier molecular flexibility index (Phi) is 6.12. The molecule has 9 heteroatoms. The van der Waals surface area contributed by atoms with E-state index in [1.807, 2.05) is 25.1 Å². The van der Waals surface area contributed by atoms with Crippen LogP contribution in [0.4, 0.5) is 11.4 Å². The lowest BCUT2D eigenvalue weighted by Crippen LogP contribution is -2.54. The highest BCUT2D eigenvalue weighted by Crippen LogP contribution is 2.32. The molecule has 1 fully saturated rings. The van der Waals surface area contributed by atoms with E-state index in [0.29, 0.717) is 34.8 Å². The van der Waals surface area contributed by atoms with Crippen molar-refractivity contribution in [3.8, 4) is 17.1 Å². The Bertz CT molecular complexity index is 1180. The lowest BCUT2D eigenvalue weighted by atomic mass is 10.1. The molecule has 1 aromatic carbocycles. The van der Waals surface area contributed by atoms with E-state index in [2.05, 4.69) is 33.8 Å². The van der Waals surface area contributed by atoms with E-state index in [1.165, 1.54) is 19.4 Å². The maximum atomic E-state index is 13.0. The van der Waals surface area contributed by atoms with Gasteiger partial charge < -0.3 is 19.4 Å². The molecular weight excluding hydrogens is 428 g/mol. The van der Waals surface area contributed by atoms with Crippen LogP contribution in [0.1, 0.15) is 19.6 Å². The van der Waals surface area contributed by atoms with Crippen molar-refractivity contribution in [1.82, 2.24) is 10.3 Å². The Morgan fingerprint density at radius 3 is 2.47 bits per heavy atom. The van der Waals surface area contributed by atoms with Crippen molar-refractivity contribution >= 4 is 21.4 Å². The molecule has 0 radical (unpaired) electrons. The summed E-state index contributed by atoms with van der Waals surface area (Å²) in [4.78, 5) is 6.39. The summed E-state index contributed by atoms with van der Waals surface area (Å²) >= 11 is 0. The molecular formula is C23H28N4O4S. The van der Waals surface area contributed by atoms with E-state index in [4.69, 9.17) is 9.15 Å². The van der Waals surface area contributed by atoms with E-state index < -0.39 is 10.0 Å². The maximum Gasteiger partial charge on any atom is 0.279 e. The molecule has 0 bridgehead atoms. The Balaban J connectivity index is 1.59. The van der Waals surface area contributed by atoms with Crippen LogP contribution in [-0.4, -0.2) is 45.7 Å². The van der Waals surface area contributed by atoms with Crippen molar-refractivity contribution < 1.29 is 17.6 Å². The van der Waals surface area contributed by atoms with Crippen molar-refractivity contribution in [2.45, 2.75) is 37.9 Å². The molecule has 1 aliphatic rings. The van der Waals surface area contributed by atoms with Gasteiger partial charge in [0.1, 0.15) is 17.3 Å². The summed E-state index contributed by atoms with van der Waals surface area (Å²) in [6, 6.07) is 13.0. The zero-order valence-corrected chi connectivity index (χ0v) is 19.4. The molecule has 32 heavy (non-hydrogen) atoms. The fourth-order valence-corrected chi connectivity index (χ4v) is 4.97. The molecule has 0 unspecified atom stereocenters. The third-order valence-corrected chi connectivity index (χ3v) is 6.67.